The van der Waals surface area contributed by atoms with Gasteiger partial charge in [-0.3, -0.25) is 9.59 Å². The van der Waals surface area contributed by atoms with Gasteiger partial charge in [-0.15, -0.1) is 0 Å². The van der Waals surface area contributed by atoms with E-state index >= 15 is 0 Å². The predicted molar refractivity (Wildman–Crippen MR) is 131 cm³/mol. The Morgan fingerprint density at radius 2 is 1.75 bits per heavy atom. The zero-order valence-corrected chi connectivity index (χ0v) is 21.6. The number of carbonyl (C=O) groups is 2. The number of benzene rings is 1. The molecule has 5 rings (SSSR count). The molecule has 196 valence electrons. The molecule has 1 aromatic carbocycles. The van der Waals surface area contributed by atoms with Gasteiger partial charge in [-0.05, 0) is 81.1 Å². The number of carbonyl (C=O) groups excluding carboxylic acids is 2. The Labute approximate surface area is 211 Å². The Bertz CT molecular complexity index is 1100. The van der Waals surface area contributed by atoms with E-state index in [1.165, 1.54) is 12.1 Å². The largest absolute Gasteiger partial charge is 0.415 e. The van der Waals surface area contributed by atoms with Gasteiger partial charge in [0.15, 0.2) is 5.54 Å². The molecule has 0 aromatic heterocycles. The lowest BCUT2D eigenvalue weighted by molar-refractivity contribution is -0.199. The molecule has 0 radical (unpaired) electrons. The van der Waals surface area contributed by atoms with Crippen LogP contribution in [0, 0.1) is 41.4 Å². The zero-order valence-electron chi connectivity index (χ0n) is 21.6. The number of nitrogens with one attached hydrogen (secondary N) is 2. The van der Waals surface area contributed by atoms with Crippen LogP contribution in [0.5, 0.6) is 0 Å². The highest BCUT2D eigenvalue weighted by molar-refractivity contribution is 5.81. The molecule has 2 amide bonds. The number of rotatable bonds is 3. The van der Waals surface area contributed by atoms with Gasteiger partial charge in [0.1, 0.15) is 0 Å². The van der Waals surface area contributed by atoms with Crippen LogP contribution in [0.2, 0.25) is 0 Å². The number of hydrogen-bond acceptors (Lipinski definition) is 2. The van der Waals surface area contributed by atoms with Crippen LogP contribution in [0.3, 0.4) is 0 Å². The molecule has 3 fully saturated rings. The molecule has 4 nitrogen and oxygen atoms in total. The van der Waals surface area contributed by atoms with E-state index in [1.807, 2.05) is 6.92 Å². The van der Waals surface area contributed by atoms with Gasteiger partial charge in [-0.25, -0.2) is 0 Å². The fraction of sp³-hybridized carbons (Fsp3) is 0.655. The maximum Gasteiger partial charge on any atom is 0.415 e. The summed E-state index contributed by atoms with van der Waals surface area (Å²) in [6.45, 7) is 7.29. The maximum absolute atomic E-state index is 14.4. The summed E-state index contributed by atoms with van der Waals surface area (Å²) in [5, 5.41) is 5.57. The molecule has 3 aliphatic carbocycles. The SMILES string of the molecule is Cc1ccc(C(C)(NC(=O)[C@H]2CCC3C4CC=C5NC(=O)CC[C@]5(C)C4CC[C@@]32C)C(F)(F)F)cc1. The van der Waals surface area contributed by atoms with Gasteiger partial charge in [-0.2, -0.15) is 13.2 Å². The van der Waals surface area contributed by atoms with E-state index in [-0.39, 0.29) is 28.2 Å². The van der Waals surface area contributed by atoms with Crippen molar-refractivity contribution in [2.75, 3.05) is 0 Å². The first-order chi connectivity index (χ1) is 16.8. The first-order valence-electron chi connectivity index (χ1n) is 13.3. The molecule has 4 aliphatic rings. The molecule has 4 unspecified atom stereocenters. The highest BCUT2D eigenvalue weighted by atomic mass is 19.4. The molecule has 1 aromatic rings. The molecule has 7 atom stereocenters. The van der Waals surface area contributed by atoms with E-state index in [9.17, 15) is 22.8 Å². The van der Waals surface area contributed by atoms with Gasteiger partial charge >= 0.3 is 6.18 Å². The minimum Gasteiger partial charge on any atom is -0.338 e. The molecular formula is C29H37F3N2O2. The van der Waals surface area contributed by atoms with Crippen LogP contribution in [0.15, 0.2) is 36.0 Å². The molecular weight excluding hydrogens is 465 g/mol. The van der Waals surface area contributed by atoms with E-state index in [2.05, 4.69) is 30.6 Å². The van der Waals surface area contributed by atoms with Crippen molar-refractivity contribution in [1.82, 2.24) is 10.6 Å². The Balaban J connectivity index is 1.40. The van der Waals surface area contributed by atoms with Crippen LogP contribution in [0.4, 0.5) is 13.2 Å². The molecule has 7 heteroatoms. The van der Waals surface area contributed by atoms with E-state index < -0.39 is 23.5 Å². The normalized spacial score (nSPS) is 37.5. The van der Waals surface area contributed by atoms with Gasteiger partial charge in [-0.1, -0.05) is 49.8 Å². The highest BCUT2D eigenvalue weighted by Crippen LogP contribution is 2.65. The zero-order chi connectivity index (χ0) is 26.1. The van der Waals surface area contributed by atoms with E-state index in [4.69, 9.17) is 0 Å². The summed E-state index contributed by atoms with van der Waals surface area (Å²) in [6, 6.07) is 6.23. The average molecular weight is 503 g/mol. The van der Waals surface area contributed by atoms with Crippen LogP contribution >= 0.6 is 0 Å². The number of aryl methyl sites for hydroxylation is 1. The Kier molecular flexibility index (Phi) is 5.88. The van der Waals surface area contributed by atoms with Crippen molar-refractivity contribution in [3.05, 3.63) is 47.2 Å². The smallest absolute Gasteiger partial charge is 0.338 e. The Hall–Kier alpha value is -2.31. The van der Waals surface area contributed by atoms with Crippen LogP contribution in [0.25, 0.3) is 0 Å². The molecule has 0 spiro atoms. The fourth-order valence-electron chi connectivity index (χ4n) is 8.15. The summed E-state index contributed by atoms with van der Waals surface area (Å²) in [6.07, 6.45) is 2.98. The monoisotopic (exact) mass is 502 g/mol. The third-order valence-electron chi connectivity index (χ3n) is 10.5. The van der Waals surface area contributed by atoms with Crippen molar-refractivity contribution in [3.8, 4) is 0 Å². The lowest BCUT2D eigenvalue weighted by atomic mass is 9.49. The van der Waals surface area contributed by atoms with Crippen LogP contribution in [-0.2, 0) is 15.1 Å². The highest BCUT2D eigenvalue weighted by Gasteiger charge is 2.61. The van der Waals surface area contributed by atoms with Crippen LogP contribution in [0.1, 0.15) is 76.8 Å². The second-order valence-corrected chi connectivity index (χ2v) is 12.3. The summed E-state index contributed by atoms with van der Waals surface area (Å²) in [5.41, 5.74) is -0.874. The molecule has 36 heavy (non-hydrogen) atoms. The first kappa shape index (κ1) is 25.3. The minimum absolute atomic E-state index is 0.0505. The number of hydrogen-bond donors (Lipinski definition) is 2. The van der Waals surface area contributed by atoms with E-state index in [0.29, 0.717) is 24.7 Å². The molecule has 0 bridgehead atoms. The fourth-order valence-corrected chi connectivity index (χ4v) is 8.15. The minimum atomic E-state index is -4.63. The van der Waals surface area contributed by atoms with Crippen molar-refractivity contribution in [1.29, 1.82) is 0 Å². The van der Waals surface area contributed by atoms with Gasteiger partial charge in [0.05, 0.1) is 0 Å². The molecule has 1 aliphatic heterocycles. The number of halogens is 3. The van der Waals surface area contributed by atoms with Crippen molar-refractivity contribution in [2.24, 2.45) is 34.5 Å². The predicted octanol–water partition coefficient (Wildman–Crippen LogP) is 6.15. The maximum atomic E-state index is 14.4. The second kappa shape index (κ2) is 8.35. The molecule has 2 saturated carbocycles. The van der Waals surface area contributed by atoms with Gasteiger partial charge in [0.25, 0.3) is 0 Å². The molecule has 1 saturated heterocycles. The van der Waals surface area contributed by atoms with Gasteiger partial charge < -0.3 is 10.6 Å². The Morgan fingerprint density at radius 3 is 2.42 bits per heavy atom. The molecule has 1 heterocycles. The van der Waals surface area contributed by atoms with E-state index in [1.54, 1.807) is 12.1 Å². The number of allylic oxidation sites excluding steroid dienone is 2. The van der Waals surface area contributed by atoms with Crippen LogP contribution in [-0.4, -0.2) is 18.0 Å². The quantitative estimate of drug-likeness (QED) is 0.521. The number of fused-ring (bicyclic) bond motifs is 5. The summed E-state index contributed by atoms with van der Waals surface area (Å²) in [7, 11) is 0. The lowest BCUT2D eigenvalue weighted by Crippen LogP contribution is -2.58. The third-order valence-corrected chi connectivity index (χ3v) is 10.5. The van der Waals surface area contributed by atoms with E-state index in [0.717, 1.165) is 50.3 Å². The first-order valence-corrected chi connectivity index (χ1v) is 13.3. The topological polar surface area (TPSA) is 58.2 Å². The van der Waals surface area contributed by atoms with Crippen molar-refractivity contribution < 1.29 is 22.8 Å². The summed E-state index contributed by atoms with van der Waals surface area (Å²) in [4.78, 5) is 25.6. The third kappa shape index (κ3) is 3.71. The second-order valence-electron chi connectivity index (χ2n) is 12.3. The average Bonchev–Trinajstić information content (AvgIpc) is 3.16. The summed E-state index contributed by atoms with van der Waals surface area (Å²) < 4.78 is 43.1. The standard InChI is InChI=1S/C29H37F3N2O2/c1-17-5-7-18(8-6-17)28(4,29(30,31)32)34-25(36)22-11-10-20-19-9-12-23-27(3,16-14-24(35)33-23)21(19)13-15-26(20,22)2/h5-8,12,19-22H,9-11,13-16H2,1-4H3,(H,33,35)(H,34,36)/t19?,20?,21?,22-,26+,27-,28?/m1/s1. The lowest BCUT2D eigenvalue weighted by Gasteiger charge is -2.57. The van der Waals surface area contributed by atoms with Gasteiger partial charge in [0, 0.05) is 23.5 Å². The summed E-state index contributed by atoms with van der Waals surface area (Å²) >= 11 is 0. The number of amides is 2. The number of alkyl halides is 3. The van der Waals surface area contributed by atoms with Crippen molar-refractivity contribution in [3.63, 3.8) is 0 Å². The Morgan fingerprint density at radius 1 is 1.06 bits per heavy atom. The molecule has 2 N–H and O–H groups in total. The van der Waals surface area contributed by atoms with Crippen molar-refractivity contribution >= 4 is 11.8 Å². The van der Waals surface area contributed by atoms with Gasteiger partial charge in [0.2, 0.25) is 11.8 Å². The number of piperidine rings is 1. The van der Waals surface area contributed by atoms with Crippen molar-refractivity contribution in [2.45, 2.75) is 84.4 Å². The summed E-state index contributed by atoms with van der Waals surface area (Å²) in [5.74, 6) is 0.247. The van der Waals surface area contributed by atoms with Crippen LogP contribution < -0.4 is 10.6 Å².